The number of amides is 1. The highest BCUT2D eigenvalue weighted by atomic mass is 32.2. The summed E-state index contributed by atoms with van der Waals surface area (Å²) in [5, 5.41) is 12.3. The van der Waals surface area contributed by atoms with Gasteiger partial charge in [0.1, 0.15) is 5.75 Å². The SMILES string of the molecule is CSC1CCCC(NC(=O)c2cccc(OCC(=O)O)c2)C1. The van der Waals surface area contributed by atoms with E-state index in [0.29, 0.717) is 16.6 Å². The molecule has 0 spiro atoms. The van der Waals surface area contributed by atoms with Crippen molar-refractivity contribution >= 4 is 23.6 Å². The molecule has 0 radical (unpaired) electrons. The standard InChI is InChI=1S/C16H21NO4S/c1-22-14-7-3-5-12(9-14)17-16(20)11-4-2-6-13(8-11)21-10-15(18)19/h2,4,6,8,12,14H,3,5,7,9-10H2,1H3,(H,17,20)(H,18,19). The number of carboxylic acid groups (broad SMARTS) is 1. The lowest BCUT2D eigenvalue weighted by Gasteiger charge is -2.28. The van der Waals surface area contributed by atoms with E-state index < -0.39 is 12.6 Å². The number of hydrogen-bond acceptors (Lipinski definition) is 4. The molecule has 2 N–H and O–H groups in total. The summed E-state index contributed by atoms with van der Waals surface area (Å²) in [4.78, 5) is 22.8. The molecule has 1 saturated carbocycles. The molecule has 1 aromatic rings. The van der Waals surface area contributed by atoms with Gasteiger partial charge in [0.15, 0.2) is 6.61 Å². The van der Waals surface area contributed by atoms with Crippen LogP contribution < -0.4 is 10.1 Å². The molecule has 0 aromatic heterocycles. The molecule has 6 heteroatoms. The van der Waals surface area contributed by atoms with Crippen LogP contribution in [0.5, 0.6) is 5.75 Å². The highest BCUT2D eigenvalue weighted by Gasteiger charge is 2.23. The Morgan fingerprint density at radius 3 is 2.95 bits per heavy atom. The highest BCUT2D eigenvalue weighted by molar-refractivity contribution is 7.99. The zero-order valence-corrected chi connectivity index (χ0v) is 13.4. The Kier molecular flexibility index (Phi) is 6.12. The molecule has 2 rings (SSSR count). The van der Waals surface area contributed by atoms with Gasteiger partial charge in [0.05, 0.1) is 0 Å². The van der Waals surface area contributed by atoms with E-state index in [0.717, 1.165) is 19.3 Å². The van der Waals surface area contributed by atoms with E-state index in [1.54, 1.807) is 24.3 Å². The Bertz CT molecular complexity index is 535. The minimum absolute atomic E-state index is 0.132. The summed E-state index contributed by atoms with van der Waals surface area (Å²) >= 11 is 1.86. The Hall–Kier alpha value is -1.69. The van der Waals surface area contributed by atoms with Gasteiger partial charge in [-0.1, -0.05) is 12.5 Å². The molecule has 2 atom stereocenters. The second kappa shape index (κ2) is 8.08. The van der Waals surface area contributed by atoms with Crippen LogP contribution in [-0.2, 0) is 4.79 Å². The second-order valence-electron chi connectivity index (χ2n) is 5.40. The number of carbonyl (C=O) groups excluding carboxylic acids is 1. The Balaban J connectivity index is 1.94. The number of rotatable bonds is 6. The van der Waals surface area contributed by atoms with Crippen LogP contribution in [0.25, 0.3) is 0 Å². The van der Waals surface area contributed by atoms with Gasteiger partial charge in [-0.15, -0.1) is 0 Å². The predicted molar refractivity (Wildman–Crippen MR) is 86.6 cm³/mol. The van der Waals surface area contributed by atoms with E-state index in [1.165, 1.54) is 6.42 Å². The van der Waals surface area contributed by atoms with Crippen molar-refractivity contribution in [1.82, 2.24) is 5.32 Å². The van der Waals surface area contributed by atoms with Crippen LogP contribution in [0.2, 0.25) is 0 Å². The number of benzene rings is 1. The lowest BCUT2D eigenvalue weighted by atomic mass is 9.94. The molecule has 1 aliphatic rings. The van der Waals surface area contributed by atoms with Gasteiger partial charge in [0.2, 0.25) is 0 Å². The normalized spacial score (nSPS) is 21.1. The topological polar surface area (TPSA) is 75.6 Å². The van der Waals surface area contributed by atoms with Gasteiger partial charge in [-0.3, -0.25) is 4.79 Å². The van der Waals surface area contributed by atoms with Gasteiger partial charge in [-0.05, 0) is 43.7 Å². The van der Waals surface area contributed by atoms with Gasteiger partial charge < -0.3 is 15.2 Å². The number of carboxylic acids is 1. The van der Waals surface area contributed by atoms with Crippen molar-refractivity contribution in [3.05, 3.63) is 29.8 Å². The van der Waals surface area contributed by atoms with Crippen molar-refractivity contribution in [2.45, 2.75) is 37.0 Å². The van der Waals surface area contributed by atoms with E-state index in [-0.39, 0.29) is 11.9 Å². The quantitative estimate of drug-likeness (QED) is 0.841. The maximum Gasteiger partial charge on any atom is 0.341 e. The lowest BCUT2D eigenvalue weighted by molar-refractivity contribution is -0.139. The average Bonchev–Trinajstić information content (AvgIpc) is 2.53. The number of nitrogens with one attached hydrogen (secondary N) is 1. The van der Waals surface area contributed by atoms with Crippen LogP contribution in [0, 0.1) is 0 Å². The van der Waals surface area contributed by atoms with Crippen molar-refractivity contribution in [2.75, 3.05) is 12.9 Å². The fourth-order valence-corrected chi connectivity index (χ4v) is 3.46. The van der Waals surface area contributed by atoms with E-state index in [9.17, 15) is 9.59 Å². The number of carbonyl (C=O) groups is 2. The van der Waals surface area contributed by atoms with Gasteiger partial charge in [-0.2, -0.15) is 11.8 Å². The van der Waals surface area contributed by atoms with Gasteiger partial charge in [-0.25, -0.2) is 4.79 Å². The summed E-state index contributed by atoms with van der Waals surface area (Å²) in [6, 6.07) is 6.83. The first-order valence-electron chi connectivity index (χ1n) is 7.37. The molecular formula is C16H21NO4S. The summed E-state index contributed by atoms with van der Waals surface area (Å²) in [6.45, 7) is -0.414. The predicted octanol–water partition coefficient (Wildman–Crippen LogP) is 2.55. The zero-order chi connectivity index (χ0) is 15.9. The first kappa shape index (κ1) is 16.7. The largest absolute Gasteiger partial charge is 0.482 e. The minimum Gasteiger partial charge on any atom is -0.482 e. The van der Waals surface area contributed by atoms with E-state index in [1.807, 2.05) is 11.8 Å². The Morgan fingerprint density at radius 2 is 2.23 bits per heavy atom. The van der Waals surface area contributed by atoms with E-state index >= 15 is 0 Å². The highest BCUT2D eigenvalue weighted by Crippen LogP contribution is 2.27. The summed E-state index contributed by atoms with van der Waals surface area (Å²) in [7, 11) is 0. The maximum absolute atomic E-state index is 12.3. The maximum atomic E-state index is 12.3. The Morgan fingerprint density at radius 1 is 1.41 bits per heavy atom. The van der Waals surface area contributed by atoms with E-state index in [2.05, 4.69) is 11.6 Å². The summed E-state index contributed by atoms with van der Waals surface area (Å²) < 4.78 is 5.10. The van der Waals surface area contributed by atoms with Crippen molar-refractivity contribution in [3.8, 4) is 5.75 Å². The second-order valence-corrected chi connectivity index (χ2v) is 6.54. The van der Waals surface area contributed by atoms with Crippen LogP contribution in [0.4, 0.5) is 0 Å². The monoisotopic (exact) mass is 323 g/mol. The molecule has 1 aromatic carbocycles. The van der Waals surface area contributed by atoms with Crippen LogP contribution in [0.1, 0.15) is 36.0 Å². The Labute approximate surface area is 134 Å². The summed E-state index contributed by atoms with van der Waals surface area (Å²) in [6.07, 6.45) is 6.47. The molecule has 0 bridgehead atoms. The number of thioether (sulfide) groups is 1. The molecular weight excluding hydrogens is 302 g/mol. The number of hydrogen-bond donors (Lipinski definition) is 2. The molecule has 120 valence electrons. The molecule has 1 fully saturated rings. The number of aliphatic carboxylic acids is 1. The molecule has 1 amide bonds. The van der Waals surface area contributed by atoms with Gasteiger partial charge in [0, 0.05) is 16.9 Å². The van der Waals surface area contributed by atoms with Crippen LogP contribution >= 0.6 is 11.8 Å². The van der Waals surface area contributed by atoms with Gasteiger partial charge >= 0.3 is 5.97 Å². The molecule has 0 aliphatic heterocycles. The molecule has 0 heterocycles. The van der Waals surface area contributed by atoms with Crippen LogP contribution in [-0.4, -0.2) is 41.1 Å². The molecule has 1 aliphatic carbocycles. The lowest BCUT2D eigenvalue weighted by Crippen LogP contribution is -2.39. The van der Waals surface area contributed by atoms with Crippen molar-refractivity contribution < 1.29 is 19.4 Å². The molecule has 0 saturated heterocycles. The third kappa shape index (κ3) is 4.94. The first-order valence-corrected chi connectivity index (χ1v) is 8.65. The average molecular weight is 323 g/mol. The molecule has 22 heavy (non-hydrogen) atoms. The van der Waals surface area contributed by atoms with Crippen molar-refractivity contribution in [3.63, 3.8) is 0 Å². The van der Waals surface area contributed by atoms with E-state index in [4.69, 9.17) is 9.84 Å². The molecule has 2 unspecified atom stereocenters. The van der Waals surface area contributed by atoms with Crippen molar-refractivity contribution in [2.24, 2.45) is 0 Å². The van der Waals surface area contributed by atoms with Gasteiger partial charge in [0.25, 0.3) is 5.91 Å². The number of ether oxygens (including phenoxy) is 1. The van der Waals surface area contributed by atoms with Crippen LogP contribution in [0.3, 0.4) is 0 Å². The summed E-state index contributed by atoms with van der Waals surface area (Å²) in [5.41, 5.74) is 0.495. The summed E-state index contributed by atoms with van der Waals surface area (Å²) in [5.74, 6) is -0.784. The smallest absolute Gasteiger partial charge is 0.341 e. The third-order valence-electron chi connectivity index (χ3n) is 3.75. The van der Waals surface area contributed by atoms with Crippen LogP contribution in [0.15, 0.2) is 24.3 Å². The fourth-order valence-electron chi connectivity index (χ4n) is 2.63. The first-order chi connectivity index (χ1) is 10.6. The fraction of sp³-hybridized carbons (Fsp3) is 0.500. The molecule has 5 nitrogen and oxygen atoms in total. The van der Waals surface area contributed by atoms with Crippen molar-refractivity contribution in [1.29, 1.82) is 0 Å². The third-order valence-corrected chi connectivity index (χ3v) is 4.85. The minimum atomic E-state index is -1.04. The zero-order valence-electron chi connectivity index (χ0n) is 12.6.